The van der Waals surface area contributed by atoms with E-state index < -0.39 is 5.82 Å². The zero-order chi connectivity index (χ0) is 21.5. The molecule has 6 heteroatoms. The molecule has 1 aliphatic heterocycles. The molecule has 1 heterocycles. The van der Waals surface area contributed by atoms with E-state index >= 15 is 0 Å². The first-order valence-corrected chi connectivity index (χ1v) is 10.6. The normalized spacial score (nSPS) is 14.6. The number of nitrogens with zero attached hydrogens (tertiary/aromatic N) is 1. The first-order chi connectivity index (χ1) is 14.4. The fourth-order valence-corrected chi connectivity index (χ4v) is 3.67. The van der Waals surface area contributed by atoms with Crippen molar-refractivity contribution in [2.24, 2.45) is 5.92 Å². The van der Waals surface area contributed by atoms with Crippen LogP contribution in [0.3, 0.4) is 0 Å². The molecule has 0 bridgehead atoms. The summed E-state index contributed by atoms with van der Waals surface area (Å²) in [5, 5.41) is 6.01. The summed E-state index contributed by atoms with van der Waals surface area (Å²) in [7, 11) is 0. The summed E-state index contributed by atoms with van der Waals surface area (Å²) in [6.07, 6.45) is 2.49. The third-order valence-corrected chi connectivity index (χ3v) is 5.41. The molecule has 160 valence electrons. The number of amides is 2. The highest BCUT2D eigenvalue weighted by Crippen LogP contribution is 2.24. The van der Waals surface area contributed by atoms with Crippen LogP contribution in [0.4, 0.5) is 10.1 Å². The van der Waals surface area contributed by atoms with Gasteiger partial charge in [0.15, 0.2) is 0 Å². The quantitative estimate of drug-likeness (QED) is 0.724. The van der Waals surface area contributed by atoms with E-state index in [2.05, 4.69) is 29.4 Å². The van der Waals surface area contributed by atoms with Crippen LogP contribution in [0.25, 0.3) is 0 Å². The van der Waals surface area contributed by atoms with Crippen molar-refractivity contribution in [1.29, 1.82) is 0 Å². The van der Waals surface area contributed by atoms with Crippen molar-refractivity contribution in [3.8, 4) is 0 Å². The molecule has 0 aliphatic carbocycles. The summed E-state index contributed by atoms with van der Waals surface area (Å²) >= 11 is 0. The molecule has 2 aromatic rings. The second-order valence-electron chi connectivity index (χ2n) is 8.20. The third-order valence-electron chi connectivity index (χ3n) is 5.41. The summed E-state index contributed by atoms with van der Waals surface area (Å²) < 4.78 is 13.3. The second-order valence-corrected chi connectivity index (χ2v) is 8.20. The molecular weight excluding hydrogens is 381 g/mol. The minimum Gasteiger partial charge on any atom is -0.371 e. The SMILES string of the molecule is CC(C)CCNC(=O)c1ccccc1N1CCC(NC(=O)c2cccc(F)c2)CC1. The number of piperidine rings is 1. The van der Waals surface area contributed by atoms with Crippen LogP contribution in [0, 0.1) is 11.7 Å². The number of hydrogen-bond donors (Lipinski definition) is 2. The highest BCUT2D eigenvalue weighted by molar-refractivity contribution is 5.99. The Hall–Kier alpha value is -2.89. The minimum atomic E-state index is -0.416. The number of nitrogens with one attached hydrogen (secondary N) is 2. The summed E-state index contributed by atoms with van der Waals surface area (Å²) in [6, 6.07) is 13.4. The van der Waals surface area contributed by atoms with Gasteiger partial charge in [-0.15, -0.1) is 0 Å². The number of anilines is 1. The van der Waals surface area contributed by atoms with Crippen LogP contribution in [0.2, 0.25) is 0 Å². The molecule has 0 unspecified atom stereocenters. The number of rotatable bonds is 7. The lowest BCUT2D eigenvalue weighted by Gasteiger charge is -2.35. The Kier molecular flexibility index (Phi) is 7.44. The zero-order valence-electron chi connectivity index (χ0n) is 17.7. The molecule has 1 saturated heterocycles. The largest absolute Gasteiger partial charge is 0.371 e. The van der Waals surface area contributed by atoms with E-state index in [4.69, 9.17) is 0 Å². The average Bonchev–Trinajstić information content (AvgIpc) is 2.74. The molecule has 1 fully saturated rings. The van der Waals surface area contributed by atoms with E-state index in [0.29, 0.717) is 23.6 Å². The van der Waals surface area contributed by atoms with Gasteiger partial charge in [0.2, 0.25) is 0 Å². The molecule has 0 atom stereocenters. The highest BCUT2D eigenvalue weighted by atomic mass is 19.1. The van der Waals surface area contributed by atoms with Crippen LogP contribution < -0.4 is 15.5 Å². The van der Waals surface area contributed by atoms with Gasteiger partial charge in [-0.25, -0.2) is 4.39 Å². The Balaban J connectivity index is 1.57. The van der Waals surface area contributed by atoms with Crippen molar-refractivity contribution in [3.05, 3.63) is 65.5 Å². The van der Waals surface area contributed by atoms with Gasteiger partial charge >= 0.3 is 0 Å². The number of para-hydroxylation sites is 1. The topological polar surface area (TPSA) is 61.4 Å². The Morgan fingerprint density at radius 3 is 2.50 bits per heavy atom. The Bertz CT molecular complexity index is 876. The van der Waals surface area contributed by atoms with Crippen LogP contribution in [0.15, 0.2) is 48.5 Å². The van der Waals surface area contributed by atoms with E-state index in [0.717, 1.165) is 38.0 Å². The maximum Gasteiger partial charge on any atom is 0.253 e. The maximum absolute atomic E-state index is 13.3. The molecule has 2 amide bonds. The van der Waals surface area contributed by atoms with Gasteiger partial charge in [0.05, 0.1) is 5.56 Å². The molecule has 1 aliphatic rings. The lowest BCUT2D eigenvalue weighted by Crippen LogP contribution is -2.45. The van der Waals surface area contributed by atoms with E-state index in [1.807, 2.05) is 24.3 Å². The lowest BCUT2D eigenvalue weighted by molar-refractivity contribution is 0.0929. The van der Waals surface area contributed by atoms with Gasteiger partial charge in [0, 0.05) is 36.9 Å². The van der Waals surface area contributed by atoms with Gasteiger partial charge in [-0.3, -0.25) is 9.59 Å². The lowest BCUT2D eigenvalue weighted by atomic mass is 10.0. The molecule has 30 heavy (non-hydrogen) atoms. The first kappa shape index (κ1) is 21.8. The molecule has 0 saturated carbocycles. The first-order valence-electron chi connectivity index (χ1n) is 10.6. The van der Waals surface area contributed by atoms with Crippen molar-refractivity contribution in [1.82, 2.24) is 10.6 Å². The average molecular weight is 412 g/mol. The van der Waals surface area contributed by atoms with Gasteiger partial charge in [0.25, 0.3) is 11.8 Å². The number of hydrogen-bond acceptors (Lipinski definition) is 3. The molecular formula is C24H30FN3O2. The van der Waals surface area contributed by atoms with Crippen molar-refractivity contribution in [2.45, 2.75) is 39.2 Å². The summed E-state index contributed by atoms with van der Waals surface area (Å²) in [4.78, 5) is 27.2. The maximum atomic E-state index is 13.3. The zero-order valence-corrected chi connectivity index (χ0v) is 17.7. The van der Waals surface area contributed by atoms with E-state index in [1.54, 1.807) is 6.07 Å². The van der Waals surface area contributed by atoms with Crippen LogP contribution in [-0.2, 0) is 0 Å². The standard InChI is InChI=1S/C24H30FN3O2/c1-17(2)10-13-26-24(30)21-8-3-4-9-22(21)28-14-11-20(12-15-28)27-23(29)18-6-5-7-19(25)16-18/h3-9,16-17,20H,10-15H2,1-2H3,(H,26,30)(H,27,29). The molecule has 2 N–H and O–H groups in total. The predicted octanol–water partition coefficient (Wildman–Crippen LogP) is 4.00. The molecule has 0 radical (unpaired) electrons. The Morgan fingerprint density at radius 1 is 1.07 bits per heavy atom. The number of benzene rings is 2. The van der Waals surface area contributed by atoms with Crippen molar-refractivity contribution in [2.75, 3.05) is 24.5 Å². The Morgan fingerprint density at radius 2 is 1.80 bits per heavy atom. The van der Waals surface area contributed by atoms with E-state index in [1.165, 1.54) is 18.2 Å². The highest BCUT2D eigenvalue weighted by Gasteiger charge is 2.24. The third kappa shape index (κ3) is 5.81. The van der Waals surface area contributed by atoms with Gasteiger partial charge in [0.1, 0.15) is 5.82 Å². The summed E-state index contributed by atoms with van der Waals surface area (Å²) in [6.45, 7) is 6.42. The van der Waals surface area contributed by atoms with Crippen LogP contribution in [-0.4, -0.2) is 37.5 Å². The van der Waals surface area contributed by atoms with Gasteiger partial charge < -0.3 is 15.5 Å². The molecule has 5 nitrogen and oxygen atoms in total. The van der Waals surface area contributed by atoms with Crippen molar-refractivity contribution < 1.29 is 14.0 Å². The number of halogens is 1. The summed E-state index contributed by atoms with van der Waals surface area (Å²) in [5.74, 6) is -0.173. The smallest absolute Gasteiger partial charge is 0.253 e. The second kappa shape index (κ2) is 10.2. The fourth-order valence-electron chi connectivity index (χ4n) is 3.67. The number of carbonyl (C=O) groups excluding carboxylic acids is 2. The van der Waals surface area contributed by atoms with E-state index in [9.17, 15) is 14.0 Å². The van der Waals surface area contributed by atoms with Crippen LogP contribution >= 0.6 is 0 Å². The molecule has 2 aromatic carbocycles. The monoisotopic (exact) mass is 411 g/mol. The van der Waals surface area contributed by atoms with Crippen LogP contribution in [0.5, 0.6) is 0 Å². The molecule has 0 aromatic heterocycles. The van der Waals surface area contributed by atoms with Gasteiger partial charge in [-0.05, 0) is 55.5 Å². The molecule has 3 rings (SSSR count). The van der Waals surface area contributed by atoms with Crippen LogP contribution in [0.1, 0.15) is 53.8 Å². The van der Waals surface area contributed by atoms with Gasteiger partial charge in [-0.2, -0.15) is 0 Å². The Labute approximate surface area is 177 Å². The van der Waals surface area contributed by atoms with Crippen molar-refractivity contribution in [3.63, 3.8) is 0 Å². The molecule has 0 spiro atoms. The minimum absolute atomic E-state index is 0.0315. The predicted molar refractivity (Wildman–Crippen MR) is 117 cm³/mol. The fraction of sp³-hybridized carbons (Fsp3) is 0.417. The summed E-state index contributed by atoms with van der Waals surface area (Å²) in [5.41, 5.74) is 1.94. The van der Waals surface area contributed by atoms with Gasteiger partial charge in [-0.1, -0.05) is 32.0 Å². The number of carbonyl (C=O) groups is 2. The van der Waals surface area contributed by atoms with Crippen molar-refractivity contribution >= 4 is 17.5 Å². The van der Waals surface area contributed by atoms with E-state index in [-0.39, 0.29) is 17.9 Å².